The van der Waals surface area contributed by atoms with E-state index in [0.29, 0.717) is 12.6 Å². The summed E-state index contributed by atoms with van der Waals surface area (Å²) in [6, 6.07) is 17.8. The van der Waals surface area contributed by atoms with Gasteiger partial charge in [0.1, 0.15) is 17.5 Å². The first-order valence-electron chi connectivity index (χ1n) is 13.9. The van der Waals surface area contributed by atoms with Crippen molar-refractivity contribution in [1.29, 1.82) is 0 Å². The molecule has 0 bridgehead atoms. The number of likely N-dealkylation sites (tertiary alicyclic amines) is 1. The Kier molecular flexibility index (Phi) is 7.36. The molecule has 3 fully saturated rings. The van der Waals surface area contributed by atoms with Gasteiger partial charge in [0.2, 0.25) is 5.91 Å². The van der Waals surface area contributed by atoms with Crippen LogP contribution in [0.25, 0.3) is 5.57 Å². The number of nitrogens with one attached hydrogen (secondary N) is 3. The van der Waals surface area contributed by atoms with Gasteiger partial charge in [0.15, 0.2) is 0 Å². The minimum Gasteiger partial charge on any atom is -0.457 e. The van der Waals surface area contributed by atoms with Gasteiger partial charge in [0.05, 0.1) is 6.17 Å². The number of hydrogen-bond donors (Lipinski definition) is 4. The first-order valence-corrected chi connectivity index (χ1v) is 13.9. The third-order valence-corrected chi connectivity index (χ3v) is 7.98. The third-order valence-electron chi connectivity index (χ3n) is 7.98. The monoisotopic (exact) mass is 528 g/mol. The maximum atomic E-state index is 13.1. The van der Waals surface area contributed by atoms with E-state index in [2.05, 4.69) is 27.3 Å². The average molecular weight is 529 g/mol. The lowest BCUT2D eigenvalue weighted by molar-refractivity contribution is -0.132. The summed E-state index contributed by atoms with van der Waals surface area (Å²) in [4.78, 5) is 30.1. The molecule has 4 atom stereocenters. The number of hydrogen-bond acceptors (Lipinski definition) is 7. The van der Waals surface area contributed by atoms with E-state index in [1.807, 2.05) is 65.6 Å². The van der Waals surface area contributed by atoms with Crippen molar-refractivity contribution in [3.05, 3.63) is 78.5 Å². The zero-order valence-electron chi connectivity index (χ0n) is 22.0. The predicted octanol–water partition coefficient (Wildman–Crippen LogP) is 2.34. The minimum absolute atomic E-state index is 0.0257. The SMILES string of the molecule is NC1NNC(=O)C2C1C(c1ccc(Oc3ccccc3)cc1)=CN2[C@@H]1CCCN(C(=O)/C=C/CNC2CC2)C1. The normalized spacial score (nSPS) is 26.8. The maximum Gasteiger partial charge on any atom is 0.257 e. The number of ether oxygens (including phenoxy) is 1. The van der Waals surface area contributed by atoms with Crippen molar-refractivity contribution in [2.24, 2.45) is 11.7 Å². The molecule has 2 aromatic rings. The Morgan fingerprint density at radius 1 is 1.08 bits per heavy atom. The first kappa shape index (κ1) is 25.6. The van der Waals surface area contributed by atoms with Crippen LogP contribution in [0, 0.1) is 5.92 Å². The van der Waals surface area contributed by atoms with Crippen molar-refractivity contribution in [3.8, 4) is 11.5 Å². The standard InChI is InChI=1S/C30H36N6O3/c31-29-27-25(20-10-14-24(15-11-20)39-23-7-2-1-3-8-23)19-36(28(27)30(38)34-33-29)22-6-5-17-35(18-22)26(37)9-4-16-32-21-12-13-21/h1-4,7-11,14-15,19,21-22,27-29,32-33H,5-6,12-13,16-18,31H2,(H,34,38)/b9-4+/t22-,27?,28?,29?/m1/s1. The Labute approximate surface area is 229 Å². The van der Waals surface area contributed by atoms with E-state index in [0.717, 1.165) is 48.6 Å². The van der Waals surface area contributed by atoms with E-state index in [-0.39, 0.29) is 23.8 Å². The summed E-state index contributed by atoms with van der Waals surface area (Å²) in [6.07, 6.45) is 9.48. The third kappa shape index (κ3) is 5.71. The smallest absolute Gasteiger partial charge is 0.257 e. The van der Waals surface area contributed by atoms with Crippen LogP contribution in [-0.4, -0.2) is 65.5 Å². The van der Waals surface area contributed by atoms with Crippen LogP contribution in [-0.2, 0) is 9.59 Å². The summed E-state index contributed by atoms with van der Waals surface area (Å²) in [5.74, 6) is 1.21. The molecule has 9 heteroatoms. The zero-order chi connectivity index (χ0) is 26.8. The Morgan fingerprint density at radius 2 is 1.85 bits per heavy atom. The molecule has 2 saturated heterocycles. The van der Waals surface area contributed by atoms with Gasteiger partial charge in [-0.2, -0.15) is 0 Å². The van der Waals surface area contributed by atoms with E-state index < -0.39 is 12.2 Å². The highest BCUT2D eigenvalue weighted by Crippen LogP contribution is 2.41. The molecular weight excluding hydrogens is 492 g/mol. The predicted molar refractivity (Wildman–Crippen MR) is 149 cm³/mol. The van der Waals surface area contributed by atoms with Gasteiger partial charge in [0, 0.05) is 49.9 Å². The fourth-order valence-corrected chi connectivity index (χ4v) is 5.81. The van der Waals surface area contributed by atoms with Crippen LogP contribution in [0.2, 0.25) is 0 Å². The molecule has 3 aliphatic heterocycles. The molecule has 4 aliphatic rings. The molecule has 0 spiro atoms. The molecule has 2 aromatic carbocycles. The van der Waals surface area contributed by atoms with Gasteiger partial charge in [-0.1, -0.05) is 36.4 Å². The van der Waals surface area contributed by atoms with Gasteiger partial charge < -0.3 is 25.6 Å². The molecule has 3 unspecified atom stereocenters. The molecule has 0 radical (unpaired) electrons. The lowest BCUT2D eigenvalue weighted by Crippen LogP contribution is -2.67. The molecular formula is C30H36N6O3. The fraction of sp³-hybridized carbons (Fsp3) is 0.400. The summed E-state index contributed by atoms with van der Waals surface area (Å²) in [5.41, 5.74) is 14.2. The molecule has 0 aromatic heterocycles. The highest BCUT2D eigenvalue weighted by atomic mass is 16.5. The molecule has 2 amide bonds. The second-order valence-electron chi connectivity index (χ2n) is 10.8. The fourth-order valence-electron chi connectivity index (χ4n) is 5.81. The first-order chi connectivity index (χ1) is 19.1. The average Bonchev–Trinajstić information content (AvgIpc) is 3.70. The largest absolute Gasteiger partial charge is 0.457 e. The minimum atomic E-state index is -0.438. The van der Waals surface area contributed by atoms with Crippen molar-refractivity contribution < 1.29 is 14.3 Å². The summed E-state index contributed by atoms with van der Waals surface area (Å²) in [7, 11) is 0. The number of fused-ring (bicyclic) bond motifs is 1. The summed E-state index contributed by atoms with van der Waals surface area (Å²) >= 11 is 0. The maximum absolute atomic E-state index is 13.1. The van der Waals surface area contributed by atoms with Crippen LogP contribution < -0.4 is 26.6 Å². The molecule has 39 heavy (non-hydrogen) atoms. The van der Waals surface area contributed by atoms with Gasteiger partial charge in [-0.05, 0) is 61.1 Å². The number of piperidine rings is 1. The van der Waals surface area contributed by atoms with E-state index >= 15 is 0 Å². The van der Waals surface area contributed by atoms with E-state index in [9.17, 15) is 9.59 Å². The van der Waals surface area contributed by atoms with Crippen LogP contribution in [0.15, 0.2) is 72.9 Å². The van der Waals surface area contributed by atoms with Gasteiger partial charge in [-0.25, -0.2) is 5.43 Å². The quantitative estimate of drug-likeness (QED) is 0.389. The topological polar surface area (TPSA) is 112 Å². The van der Waals surface area contributed by atoms with Gasteiger partial charge in [0.25, 0.3) is 5.91 Å². The lowest BCUT2D eigenvalue weighted by Gasteiger charge is -2.43. The molecule has 5 N–H and O–H groups in total. The number of para-hydroxylation sites is 1. The Bertz CT molecular complexity index is 1240. The number of amides is 2. The second kappa shape index (κ2) is 11.2. The highest BCUT2D eigenvalue weighted by Gasteiger charge is 2.49. The number of benzene rings is 2. The molecule has 1 aliphatic carbocycles. The van der Waals surface area contributed by atoms with Crippen LogP contribution in [0.4, 0.5) is 0 Å². The van der Waals surface area contributed by atoms with Crippen molar-refractivity contribution in [3.63, 3.8) is 0 Å². The van der Waals surface area contributed by atoms with Crippen molar-refractivity contribution in [2.45, 2.75) is 50.0 Å². The van der Waals surface area contributed by atoms with Crippen LogP contribution in [0.1, 0.15) is 31.2 Å². The molecule has 3 heterocycles. The van der Waals surface area contributed by atoms with Gasteiger partial charge in [-0.15, -0.1) is 0 Å². The van der Waals surface area contributed by atoms with Crippen LogP contribution >= 0.6 is 0 Å². The van der Waals surface area contributed by atoms with E-state index in [1.54, 1.807) is 6.08 Å². The van der Waals surface area contributed by atoms with Crippen LogP contribution in [0.3, 0.4) is 0 Å². The zero-order valence-corrected chi connectivity index (χ0v) is 22.0. The van der Waals surface area contributed by atoms with Gasteiger partial charge in [-0.3, -0.25) is 15.0 Å². The van der Waals surface area contributed by atoms with Gasteiger partial charge >= 0.3 is 0 Å². The number of nitrogens with zero attached hydrogens (tertiary/aromatic N) is 2. The van der Waals surface area contributed by atoms with Crippen molar-refractivity contribution >= 4 is 17.4 Å². The van der Waals surface area contributed by atoms with Crippen molar-refractivity contribution in [1.82, 2.24) is 26.0 Å². The Morgan fingerprint density at radius 3 is 2.62 bits per heavy atom. The molecule has 9 nitrogen and oxygen atoms in total. The number of nitrogens with two attached hydrogens (primary N) is 1. The molecule has 6 rings (SSSR count). The molecule has 1 saturated carbocycles. The lowest BCUT2D eigenvalue weighted by atomic mass is 9.86. The van der Waals surface area contributed by atoms with Crippen molar-refractivity contribution in [2.75, 3.05) is 19.6 Å². The summed E-state index contributed by atoms with van der Waals surface area (Å²) in [6.45, 7) is 2.02. The summed E-state index contributed by atoms with van der Waals surface area (Å²) < 4.78 is 5.96. The van der Waals surface area contributed by atoms with Crippen LogP contribution in [0.5, 0.6) is 11.5 Å². The number of carbonyl (C=O) groups excluding carboxylic acids is 2. The Balaban J connectivity index is 1.19. The van der Waals surface area contributed by atoms with E-state index in [1.165, 1.54) is 12.8 Å². The summed E-state index contributed by atoms with van der Waals surface area (Å²) in [5, 5.41) is 3.40. The Hall–Kier alpha value is -3.66. The second-order valence-corrected chi connectivity index (χ2v) is 10.8. The number of hydrazine groups is 1. The number of carbonyl (C=O) groups is 2. The number of rotatable bonds is 8. The molecule has 204 valence electrons. The highest BCUT2D eigenvalue weighted by molar-refractivity contribution is 5.89. The van der Waals surface area contributed by atoms with E-state index in [4.69, 9.17) is 10.5 Å².